The third-order valence-electron chi connectivity index (χ3n) is 4.07. The summed E-state index contributed by atoms with van der Waals surface area (Å²) in [6.45, 7) is 0.225. The molecule has 130 valence electrons. The fourth-order valence-corrected chi connectivity index (χ4v) is 3.43. The zero-order chi connectivity index (χ0) is 18.0. The zero-order valence-electron chi connectivity index (χ0n) is 13.5. The molecule has 1 aliphatic heterocycles. The molecular weight excluding hydrogens is 363 g/mol. The van der Waals surface area contributed by atoms with Crippen LogP contribution < -0.4 is 15.0 Å². The summed E-state index contributed by atoms with van der Waals surface area (Å²) in [5.74, 6) is -0.366. The molecule has 1 N–H and O–H groups in total. The van der Waals surface area contributed by atoms with E-state index >= 15 is 0 Å². The van der Waals surface area contributed by atoms with Gasteiger partial charge in [-0.1, -0.05) is 41.4 Å². The summed E-state index contributed by atoms with van der Waals surface area (Å²) in [6.07, 6.45) is 0.0997. The van der Waals surface area contributed by atoms with Crippen molar-refractivity contribution in [3.8, 4) is 5.75 Å². The SMILES string of the molecule is COc1ccccc1NC(=O)C1CC(=O)N(c2c(Cl)cccc2Cl)C1. The minimum Gasteiger partial charge on any atom is -0.495 e. The van der Waals surface area contributed by atoms with Crippen molar-refractivity contribution in [2.24, 2.45) is 5.92 Å². The first-order valence-corrected chi connectivity index (χ1v) is 8.45. The van der Waals surface area contributed by atoms with Gasteiger partial charge in [-0.25, -0.2) is 0 Å². The summed E-state index contributed by atoms with van der Waals surface area (Å²) < 4.78 is 5.22. The topological polar surface area (TPSA) is 58.6 Å². The fourth-order valence-electron chi connectivity index (χ4n) is 2.83. The number of amides is 2. The van der Waals surface area contributed by atoms with Crippen molar-refractivity contribution in [1.82, 2.24) is 0 Å². The Morgan fingerprint density at radius 3 is 2.52 bits per heavy atom. The molecule has 0 spiro atoms. The molecule has 5 nitrogen and oxygen atoms in total. The first-order valence-electron chi connectivity index (χ1n) is 7.69. The molecule has 2 amide bonds. The number of carbonyl (C=O) groups is 2. The van der Waals surface area contributed by atoms with Gasteiger partial charge in [-0.3, -0.25) is 9.59 Å². The molecule has 1 atom stereocenters. The molecule has 3 rings (SSSR count). The first-order chi connectivity index (χ1) is 12.0. The molecule has 1 saturated heterocycles. The monoisotopic (exact) mass is 378 g/mol. The number of nitrogens with zero attached hydrogens (tertiary/aromatic N) is 1. The van der Waals surface area contributed by atoms with Crippen molar-refractivity contribution in [2.75, 3.05) is 23.9 Å². The Labute approximate surface area is 155 Å². The van der Waals surface area contributed by atoms with E-state index in [0.29, 0.717) is 27.2 Å². The van der Waals surface area contributed by atoms with Crippen LogP contribution in [-0.2, 0) is 9.59 Å². The maximum absolute atomic E-state index is 12.6. The van der Waals surface area contributed by atoms with Crippen LogP contribution in [-0.4, -0.2) is 25.5 Å². The van der Waals surface area contributed by atoms with Gasteiger partial charge in [0.2, 0.25) is 11.8 Å². The fraction of sp³-hybridized carbons (Fsp3) is 0.222. The average Bonchev–Trinajstić information content (AvgIpc) is 2.97. The quantitative estimate of drug-likeness (QED) is 0.874. The zero-order valence-corrected chi connectivity index (χ0v) is 15.0. The van der Waals surface area contributed by atoms with Gasteiger partial charge in [-0.15, -0.1) is 0 Å². The van der Waals surface area contributed by atoms with Crippen LogP contribution in [0.4, 0.5) is 11.4 Å². The second-order valence-corrected chi connectivity index (χ2v) is 6.48. The Morgan fingerprint density at radius 1 is 1.16 bits per heavy atom. The van der Waals surface area contributed by atoms with E-state index in [1.165, 1.54) is 12.0 Å². The van der Waals surface area contributed by atoms with E-state index in [1.54, 1.807) is 36.4 Å². The summed E-state index contributed by atoms with van der Waals surface area (Å²) in [6, 6.07) is 12.2. The molecule has 0 aromatic heterocycles. The molecular formula is C18H16Cl2N2O3. The minimum absolute atomic E-state index is 0.0997. The number of nitrogens with one attached hydrogen (secondary N) is 1. The molecule has 2 aromatic rings. The van der Waals surface area contributed by atoms with Gasteiger partial charge in [-0.2, -0.15) is 0 Å². The van der Waals surface area contributed by atoms with E-state index in [-0.39, 0.29) is 24.8 Å². The van der Waals surface area contributed by atoms with Crippen molar-refractivity contribution in [3.63, 3.8) is 0 Å². The highest BCUT2D eigenvalue weighted by Crippen LogP contribution is 2.37. The standard InChI is InChI=1S/C18H16Cl2N2O3/c1-25-15-8-3-2-7-14(15)21-18(24)11-9-16(23)22(10-11)17-12(19)5-4-6-13(17)20/h2-8,11H,9-10H2,1H3,(H,21,24). The van der Waals surface area contributed by atoms with E-state index in [1.807, 2.05) is 6.07 Å². The third-order valence-corrected chi connectivity index (χ3v) is 4.68. The lowest BCUT2D eigenvalue weighted by atomic mass is 10.1. The Morgan fingerprint density at radius 2 is 1.84 bits per heavy atom. The summed E-state index contributed by atoms with van der Waals surface area (Å²) in [4.78, 5) is 26.4. The molecule has 0 radical (unpaired) electrons. The lowest BCUT2D eigenvalue weighted by molar-refractivity contribution is -0.122. The van der Waals surface area contributed by atoms with Crippen LogP contribution in [0, 0.1) is 5.92 Å². The molecule has 1 fully saturated rings. The van der Waals surface area contributed by atoms with Gasteiger partial charge in [0.15, 0.2) is 0 Å². The Bertz CT molecular complexity index is 805. The van der Waals surface area contributed by atoms with Crippen LogP contribution in [0.1, 0.15) is 6.42 Å². The number of methoxy groups -OCH3 is 1. The molecule has 0 saturated carbocycles. The molecule has 2 aromatic carbocycles. The molecule has 0 bridgehead atoms. The molecule has 7 heteroatoms. The van der Waals surface area contributed by atoms with E-state index in [9.17, 15) is 9.59 Å². The van der Waals surface area contributed by atoms with Crippen molar-refractivity contribution in [1.29, 1.82) is 0 Å². The van der Waals surface area contributed by atoms with Crippen LogP contribution >= 0.6 is 23.2 Å². The number of carbonyl (C=O) groups excluding carboxylic acids is 2. The molecule has 0 aliphatic carbocycles. The molecule has 1 heterocycles. The van der Waals surface area contributed by atoms with E-state index in [2.05, 4.69) is 5.32 Å². The minimum atomic E-state index is -0.496. The molecule has 25 heavy (non-hydrogen) atoms. The van der Waals surface area contributed by atoms with Crippen molar-refractivity contribution in [3.05, 3.63) is 52.5 Å². The Kier molecular flexibility index (Phi) is 5.16. The smallest absolute Gasteiger partial charge is 0.229 e. The summed E-state index contributed by atoms with van der Waals surface area (Å²) in [7, 11) is 1.53. The molecule has 1 aliphatic rings. The Balaban J connectivity index is 1.77. The number of para-hydroxylation sites is 3. The predicted molar refractivity (Wildman–Crippen MR) is 98.5 cm³/mol. The van der Waals surface area contributed by atoms with Crippen LogP contribution in [0.3, 0.4) is 0 Å². The van der Waals surface area contributed by atoms with E-state index < -0.39 is 5.92 Å². The number of halogens is 2. The molecule has 1 unspecified atom stereocenters. The number of hydrogen-bond donors (Lipinski definition) is 1. The van der Waals surface area contributed by atoms with Crippen LogP contribution in [0.25, 0.3) is 0 Å². The van der Waals surface area contributed by atoms with Crippen molar-refractivity contribution in [2.45, 2.75) is 6.42 Å². The van der Waals surface area contributed by atoms with Gasteiger partial charge in [0.1, 0.15) is 5.75 Å². The van der Waals surface area contributed by atoms with Gasteiger partial charge in [0.05, 0.1) is 34.4 Å². The highest BCUT2D eigenvalue weighted by Gasteiger charge is 2.37. The first kappa shape index (κ1) is 17.6. The van der Waals surface area contributed by atoms with Crippen molar-refractivity contribution < 1.29 is 14.3 Å². The summed E-state index contributed by atoms with van der Waals surface area (Å²) >= 11 is 12.4. The van der Waals surface area contributed by atoms with Crippen molar-refractivity contribution >= 4 is 46.4 Å². The lowest BCUT2D eigenvalue weighted by Gasteiger charge is -2.19. The number of rotatable bonds is 4. The predicted octanol–water partition coefficient (Wildman–Crippen LogP) is 3.99. The second-order valence-electron chi connectivity index (χ2n) is 5.67. The highest BCUT2D eigenvalue weighted by molar-refractivity contribution is 6.40. The van der Waals surface area contributed by atoms with Gasteiger partial charge >= 0.3 is 0 Å². The maximum atomic E-state index is 12.6. The van der Waals surface area contributed by atoms with Gasteiger partial charge in [0, 0.05) is 13.0 Å². The van der Waals surface area contributed by atoms with Gasteiger partial charge in [-0.05, 0) is 24.3 Å². The number of benzene rings is 2. The van der Waals surface area contributed by atoms with Gasteiger partial charge < -0.3 is 15.0 Å². The van der Waals surface area contributed by atoms with Crippen LogP contribution in [0.15, 0.2) is 42.5 Å². The van der Waals surface area contributed by atoms with E-state index in [0.717, 1.165) is 0 Å². The number of anilines is 2. The Hall–Kier alpha value is -2.24. The summed E-state index contributed by atoms with van der Waals surface area (Å²) in [5, 5.41) is 3.58. The number of hydrogen-bond acceptors (Lipinski definition) is 3. The highest BCUT2D eigenvalue weighted by atomic mass is 35.5. The van der Waals surface area contributed by atoms with E-state index in [4.69, 9.17) is 27.9 Å². The average molecular weight is 379 g/mol. The lowest BCUT2D eigenvalue weighted by Crippen LogP contribution is -2.28. The number of ether oxygens (including phenoxy) is 1. The normalized spacial score (nSPS) is 16.8. The second kappa shape index (κ2) is 7.33. The maximum Gasteiger partial charge on any atom is 0.229 e. The summed E-state index contributed by atoms with van der Waals surface area (Å²) in [5.41, 5.74) is 1.01. The van der Waals surface area contributed by atoms with Gasteiger partial charge in [0.25, 0.3) is 0 Å². The van der Waals surface area contributed by atoms with Crippen LogP contribution in [0.5, 0.6) is 5.75 Å². The largest absolute Gasteiger partial charge is 0.495 e. The van der Waals surface area contributed by atoms with Crippen LogP contribution in [0.2, 0.25) is 10.0 Å². The third kappa shape index (κ3) is 3.57.